The number of rotatable bonds is 6. The van der Waals surface area contributed by atoms with Crippen LogP contribution in [-0.4, -0.2) is 19.5 Å². The molecule has 0 atom stereocenters. The second-order valence-electron chi connectivity index (χ2n) is 3.24. The number of anilines is 1. The number of nitrogen functional groups attached to an aromatic ring is 1. The smallest absolute Gasteiger partial charge is 0.138 e. The Morgan fingerprint density at radius 1 is 1.40 bits per heavy atom. The minimum Gasteiger partial charge on any atom is -0.399 e. The molecule has 2 nitrogen and oxygen atoms in total. The molecule has 15 heavy (non-hydrogen) atoms. The molecule has 0 heterocycles. The maximum absolute atomic E-state index is 13.3. The van der Waals surface area contributed by atoms with Gasteiger partial charge >= 0.3 is 0 Å². The van der Waals surface area contributed by atoms with Crippen LogP contribution in [0.25, 0.3) is 0 Å². The molecule has 2 N–H and O–H groups in total. The zero-order chi connectivity index (χ0) is 11.1. The Morgan fingerprint density at radius 3 is 2.87 bits per heavy atom. The fraction of sp³-hybridized carbons (Fsp3) is 0.455. The number of ether oxygens (including phenoxy) is 1. The molecule has 0 aliphatic heterocycles. The Bertz CT molecular complexity index is 307. The highest BCUT2D eigenvalue weighted by Crippen LogP contribution is 2.24. The third kappa shape index (κ3) is 4.53. The second-order valence-corrected chi connectivity index (χ2v) is 4.37. The summed E-state index contributed by atoms with van der Waals surface area (Å²) in [6.07, 6.45) is 2.04. The summed E-state index contributed by atoms with van der Waals surface area (Å²) in [6, 6.07) is 4.81. The SMILES string of the molecule is COCCCCSc1ccc(N)cc1F. The molecule has 0 unspecified atom stereocenters. The Kier molecular flexibility index (Phi) is 5.50. The molecule has 0 bridgehead atoms. The predicted octanol–water partition coefficient (Wildman–Crippen LogP) is 2.93. The Labute approximate surface area is 94.0 Å². The number of nitrogens with two attached hydrogens (primary N) is 1. The van der Waals surface area contributed by atoms with Crippen molar-refractivity contribution < 1.29 is 9.13 Å². The maximum Gasteiger partial charge on any atom is 0.138 e. The van der Waals surface area contributed by atoms with E-state index in [0.717, 1.165) is 25.2 Å². The number of halogens is 1. The van der Waals surface area contributed by atoms with Gasteiger partial charge in [0, 0.05) is 24.3 Å². The molecule has 1 rings (SSSR count). The molecule has 1 aromatic rings. The Morgan fingerprint density at radius 2 is 2.20 bits per heavy atom. The van der Waals surface area contributed by atoms with E-state index in [2.05, 4.69) is 0 Å². The van der Waals surface area contributed by atoms with E-state index in [1.165, 1.54) is 17.8 Å². The Balaban J connectivity index is 2.31. The van der Waals surface area contributed by atoms with Crippen LogP contribution in [0.15, 0.2) is 23.1 Å². The molecule has 0 aliphatic carbocycles. The quantitative estimate of drug-likeness (QED) is 0.463. The third-order valence-electron chi connectivity index (χ3n) is 1.96. The highest BCUT2D eigenvalue weighted by atomic mass is 32.2. The molecular formula is C11H16FNOS. The summed E-state index contributed by atoms with van der Waals surface area (Å²) in [4.78, 5) is 0.668. The van der Waals surface area contributed by atoms with Crippen LogP contribution in [0.4, 0.5) is 10.1 Å². The topological polar surface area (TPSA) is 35.2 Å². The fourth-order valence-electron chi connectivity index (χ4n) is 1.16. The summed E-state index contributed by atoms with van der Waals surface area (Å²) in [5, 5.41) is 0. The van der Waals surface area contributed by atoms with E-state index >= 15 is 0 Å². The van der Waals surface area contributed by atoms with Crippen LogP contribution in [0.1, 0.15) is 12.8 Å². The van der Waals surface area contributed by atoms with Crippen LogP contribution in [0, 0.1) is 5.82 Å². The summed E-state index contributed by atoms with van der Waals surface area (Å²) >= 11 is 1.52. The molecule has 0 saturated carbocycles. The van der Waals surface area contributed by atoms with Gasteiger partial charge in [0.15, 0.2) is 0 Å². The fourth-order valence-corrected chi connectivity index (χ4v) is 2.09. The molecule has 0 saturated heterocycles. The lowest BCUT2D eigenvalue weighted by molar-refractivity contribution is 0.194. The average Bonchev–Trinajstić information content (AvgIpc) is 2.20. The van der Waals surface area contributed by atoms with Gasteiger partial charge in [-0.3, -0.25) is 0 Å². The molecule has 0 fully saturated rings. The van der Waals surface area contributed by atoms with E-state index in [1.807, 2.05) is 0 Å². The van der Waals surface area contributed by atoms with Crippen LogP contribution in [-0.2, 0) is 4.74 Å². The molecule has 4 heteroatoms. The molecule has 0 spiro atoms. The predicted molar refractivity (Wildman–Crippen MR) is 62.6 cm³/mol. The highest BCUT2D eigenvalue weighted by molar-refractivity contribution is 7.99. The van der Waals surface area contributed by atoms with Gasteiger partial charge < -0.3 is 10.5 Å². The molecule has 1 aromatic carbocycles. The van der Waals surface area contributed by atoms with Crippen LogP contribution in [0.2, 0.25) is 0 Å². The summed E-state index contributed by atoms with van der Waals surface area (Å²) in [5.74, 6) is 0.677. The number of thioether (sulfide) groups is 1. The van der Waals surface area contributed by atoms with E-state index in [4.69, 9.17) is 10.5 Å². The Hall–Kier alpha value is -0.740. The molecule has 0 aliphatic rings. The van der Waals surface area contributed by atoms with Gasteiger partial charge in [0.1, 0.15) is 5.82 Å². The summed E-state index contributed by atoms with van der Waals surface area (Å²) in [6.45, 7) is 0.769. The molecule has 0 radical (unpaired) electrons. The van der Waals surface area contributed by atoms with Crippen molar-refractivity contribution >= 4 is 17.4 Å². The highest BCUT2D eigenvalue weighted by Gasteiger charge is 2.02. The third-order valence-corrected chi connectivity index (χ3v) is 3.09. The average molecular weight is 229 g/mol. The van der Waals surface area contributed by atoms with E-state index in [9.17, 15) is 4.39 Å². The maximum atomic E-state index is 13.3. The van der Waals surface area contributed by atoms with Gasteiger partial charge in [-0.1, -0.05) is 0 Å². The van der Waals surface area contributed by atoms with Crippen molar-refractivity contribution in [2.24, 2.45) is 0 Å². The van der Waals surface area contributed by atoms with E-state index < -0.39 is 0 Å². The zero-order valence-electron chi connectivity index (χ0n) is 8.83. The zero-order valence-corrected chi connectivity index (χ0v) is 9.65. The standard InChI is InChI=1S/C11H16FNOS/c1-14-6-2-3-7-15-11-5-4-9(13)8-10(11)12/h4-5,8H,2-3,6-7,13H2,1H3. The molecular weight excluding hydrogens is 213 g/mol. The molecule has 0 amide bonds. The second kappa shape index (κ2) is 6.69. The normalized spacial score (nSPS) is 10.5. The van der Waals surface area contributed by atoms with Crippen molar-refractivity contribution in [2.45, 2.75) is 17.7 Å². The van der Waals surface area contributed by atoms with Crippen LogP contribution in [0.5, 0.6) is 0 Å². The summed E-state index contributed by atoms with van der Waals surface area (Å²) in [7, 11) is 1.69. The van der Waals surface area contributed by atoms with Gasteiger partial charge in [-0.15, -0.1) is 11.8 Å². The van der Waals surface area contributed by atoms with Crippen LogP contribution >= 0.6 is 11.8 Å². The van der Waals surface area contributed by atoms with Gasteiger partial charge in [-0.25, -0.2) is 4.39 Å². The van der Waals surface area contributed by atoms with E-state index in [0.29, 0.717) is 10.6 Å². The largest absolute Gasteiger partial charge is 0.399 e. The van der Waals surface area contributed by atoms with Crippen LogP contribution in [0.3, 0.4) is 0 Å². The number of unbranched alkanes of at least 4 members (excludes halogenated alkanes) is 1. The van der Waals surface area contributed by atoms with Gasteiger partial charge in [0.25, 0.3) is 0 Å². The van der Waals surface area contributed by atoms with Crippen molar-refractivity contribution in [3.63, 3.8) is 0 Å². The lowest BCUT2D eigenvalue weighted by Gasteiger charge is -2.03. The summed E-state index contributed by atoms with van der Waals surface area (Å²) in [5.41, 5.74) is 5.92. The number of hydrogen-bond donors (Lipinski definition) is 1. The van der Waals surface area contributed by atoms with Gasteiger partial charge in [0.2, 0.25) is 0 Å². The van der Waals surface area contributed by atoms with Crippen molar-refractivity contribution in [1.29, 1.82) is 0 Å². The number of hydrogen-bond acceptors (Lipinski definition) is 3. The number of benzene rings is 1. The summed E-state index contributed by atoms with van der Waals surface area (Å²) < 4.78 is 18.2. The van der Waals surface area contributed by atoms with E-state index in [-0.39, 0.29) is 5.82 Å². The monoisotopic (exact) mass is 229 g/mol. The minimum atomic E-state index is -0.230. The first kappa shape index (κ1) is 12.3. The minimum absolute atomic E-state index is 0.230. The number of methoxy groups -OCH3 is 1. The van der Waals surface area contributed by atoms with Crippen LogP contribution < -0.4 is 5.73 Å². The lowest BCUT2D eigenvalue weighted by atomic mass is 10.3. The van der Waals surface area contributed by atoms with Crippen molar-refractivity contribution in [3.05, 3.63) is 24.0 Å². The van der Waals surface area contributed by atoms with Crippen molar-refractivity contribution in [2.75, 3.05) is 25.2 Å². The van der Waals surface area contributed by atoms with E-state index in [1.54, 1.807) is 19.2 Å². The van der Waals surface area contributed by atoms with Crippen molar-refractivity contribution in [3.8, 4) is 0 Å². The van der Waals surface area contributed by atoms with Gasteiger partial charge in [-0.05, 0) is 36.8 Å². The molecule has 0 aromatic heterocycles. The van der Waals surface area contributed by atoms with Gasteiger partial charge in [0.05, 0.1) is 0 Å². The molecule has 84 valence electrons. The first-order valence-electron chi connectivity index (χ1n) is 4.91. The first-order chi connectivity index (χ1) is 7.24. The van der Waals surface area contributed by atoms with Crippen molar-refractivity contribution in [1.82, 2.24) is 0 Å². The lowest BCUT2D eigenvalue weighted by Crippen LogP contribution is -1.91. The van der Waals surface area contributed by atoms with Gasteiger partial charge in [-0.2, -0.15) is 0 Å². The first-order valence-corrected chi connectivity index (χ1v) is 5.89.